The minimum absolute atomic E-state index is 0.0620. The van der Waals surface area contributed by atoms with Gasteiger partial charge in [0.2, 0.25) is 0 Å². The van der Waals surface area contributed by atoms with E-state index in [2.05, 4.69) is 10.9 Å². The second-order valence-corrected chi connectivity index (χ2v) is 7.42. The highest BCUT2D eigenvalue weighted by Crippen LogP contribution is 2.57. The Hall–Kier alpha value is -2.61. The van der Waals surface area contributed by atoms with Crippen LogP contribution in [0.5, 0.6) is 0 Å². The summed E-state index contributed by atoms with van der Waals surface area (Å²) in [5.41, 5.74) is 4.57. The van der Waals surface area contributed by atoms with Gasteiger partial charge in [-0.25, -0.2) is 0 Å². The van der Waals surface area contributed by atoms with Crippen molar-refractivity contribution in [3.63, 3.8) is 0 Å². The van der Waals surface area contributed by atoms with Crippen LogP contribution in [0.3, 0.4) is 0 Å². The molecule has 0 spiro atoms. The van der Waals surface area contributed by atoms with E-state index in [0.717, 1.165) is 6.42 Å². The van der Waals surface area contributed by atoms with Gasteiger partial charge in [-0.15, -0.1) is 0 Å². The fraction of sp³-hybridized carbons (Fsp3) is 0.444. The minimum atomic E-state index is -0.696. The molecule has 2 aliphatic carbocycles. The largest absolute Gasteiger partial charge is 0.462 e. The number of carbonyl (C=O) groups is 4. The van der Waals surface area contributed by atoms with Crippen molar-refractivity contribution >= 4 is 35.4 Å². The third-order valence-electron chi connectivity index (χ3n) is 5.53. The van der Waals surface area contributed by atoms with E-state index in [-0.39, 0.29) is 34.5 Å². The molecular weight excluding hydrogens is 376 g/mol. The molecule has 1 aromatic rings. The van der Waals surface area contributed by atoms with Crippen LogP contribution in [0.1, 0.15) is 23.2 Å². The van der Waals surface area contributed by atoms with Gasteiger partial charge in [0.25, 0.3) is 11.8 Å². The van der Waals surface area contributed by atoms with Crippen molar-refractivity contribution in [2.75, 3.05) is 6.61 Å². The predicted octanol–water partition coefficient (Wildman–Crippen LogP) is 0.842. The standard InChI is InChI=1S/C18H17ClN2O6/c19-11-4-2-1-3-9(11)16(23)21-20-13(22)7-26-17(24)14-8-5-10-12(6-8)27-18(25)15(10)14/h1-4,8,10,12,14-15H,5-7H2,(H,20,22)(H,21,23)/t8-,10+,12-,14+,15+/m1/s1. The van der Waals surface area contributed by atoms with Crippen molar-refractivity contribution in [1.29, 1.82) is 0 Å². The highest BCUT2D eigenvalue weighted by Gasteiger charge is 2.64. The molecule has 4 rings (SSSR count). The zero-order chi connectivity index (χ0) is 19.1. The van der Waals surface area contributed by atoms with Crippen molar-refractivity contribution in [3.8, 4) is 0 Å². The third kappa shape index (κ3) is 3.14. The average Bonchev–Trinajstić information content (AvgIpc) is 3.27. The molecule has 3 fully saturated rings. The SMILES string of the molecule is O=C(COC(=O)[C@H]1[C@@H]2C[C@@H]3[C@@H]1C(=O)O[C@@H]3C2)NNC(=O)c1ccccc1Cl. The normalized spacial score (nSPS) is 30.0. The Morgan fingerprint density at radius 2 is 1.96 bits per heavy atom. The van der Waals surface area contributed by atoms with Crippen LogP contribution in [0.4, 0.5) is 0 Å². The fourth-order valence-corrected chi connectivity index (χ4v) is 4.65. The Balaban J connectivity index is 1.26. The van der Waals surface area contributed by atoms with E-state index in [4.69, 9.17) is 21.1 Å². The first-order chi connectivity index (χ1) is 13.0. The highest BCUT2D eigenvalue weighted by molar-refractivity contribution is 6.33. The van der Waals surface area contributed by atoms with Crippen LogP contribution in [0.15, 0.2) is 24.3 Å². The van der Waals surface area contributed by atoms with E-state index in [1.807, 2.05) is 0 Å². The predicted molar refractivity (Wildman–Crippen MR) is 91.1 cm³/mol. The number of nitrogens with one attached hydrogen (secondary N) is 2. The highest BCUT2D eigenvalue weighted by atomic mass is 35.5. The lowest BCUT2D eigenvalue weighted by atomic mass is 9.80. The first kappa shape index (κ1) is 17.8. The second kappa shape index (κ2) is 6.84. The summed E-state index contributed by atoms with van der Waals surface area (Å²) < 4.78 is 10.3. The molecule has 2 bridgehead atoms. The molecule has 9 heteroatoms. The minimum Gasteiger partial charge on any atom is -0.462 e. The summed E-state index contributed by atoms with van der Waals surface area (Å²) >= 11 is 5.90. The number of rotatable bonds is 4. The molecule has 5 atom stereocenters. The maximum atomic E-state index is 12.4. The van der Waals surface area contributed by atoms with E-state index in [0.29, 0.717) is 6.42 Å². The number of hydrogen-bond donors (Lipinski definition) is 2. The van der Waals surface area contributed by atoms with Gasteiger partial charge in [0.1, 0.15) is 6.10 Å². The molecule has 2 N–H and O–H groups in total. The van der Waals surface area contributed by atoms with Crippen LogP contribution in [-0.4, -0.2) is 36.5 Å². The summed E-state index contributed by atoms with van der Waals surface area (Å²) in [4.78, 5) is 48.1. The van der Waals surface area contributed by atoms with E-state index in [9.17, 15) is 19.2 Å². The quantitative estimate of drug-likeness (QED) is 0.580. The number of esters is 2. The molecule has 1 aromatic carbocycles. The number of fused-ring (bicyclic) bond motifs is 1. The Morgan fingerprint density at radius 1 is 1.19 bits per heavy atom. The second-order valence-electron chi connectivity index (χ2n) is 7.01. The van der Waals surface area contributed by atoms with E-state index < -0.39 is 36.2 Å². The van der Waals surface area contributed by atoms with Gasteiger partial charge in [0.15, 0.2) is 6.61 Å². The number of hydrazine groups is 1. The van der Waals surface area contributed by atoms with Crippen molar-refractivity contribution < 1.29 is 28.7 Å². The van der Waals surface area contributed by atoms with Gasteiger partial charge in [0, 0.05) is 5.92 Å². The first-order valence-corrected chi connectivity index (χ1v) is 9.04. The molecule has 0 radical (unpaired) electrons. The molecule has 1 saturated heterocycles. The molecule has 1 heterocycles. The van der Waals surface area contributed by atoms with Crippen LogP contribution in [-0.2, 0) is 23.9 Å². The topological polar surface area (TPSA) is 111 Å². The monoisotopic (exact) mass is 392 g/mol. The molecule has 8 nitrogen and oxygen atoms in total. The van der Waals surface area contributed by atoms with Gasteiger partial charge in [-0.05, 0) is 30.9 Å². The van der Waals surface area contributed by atoms with Gasteiger partial charge < -0.3 is 9.47 Å². The molecule has 142 valence electrons. The third-order valence-corrected chi connectivity index (χ3v) is 5.86. The smallest absolute Gasteiger partial charge is 0.310 e. The number of hydrogen-bond acceptors (Lipinski definition) is 6. The number of amides is 2. The zero-order valence-electron chi connectivity index (χ0n) is 14.1. The van der Waals surface area contributed by atoms with Crippen molar-refractivity contribution in [1.82, 2.24) is 10.9 Å². The molecule has 3 aliphatic rings. The average molecular weight is 393 g/mol. The molecule has 2 saturated carbocycles. The van der Waals surface area contributed by atoms with Crippen LogP contribution in [0.25, 0.3) is 0 Å². The summed E-state index contributed by atoms with van der Waals surface area (Å²) in [6.07, 6.45) is 1.38. The van der Waals surface area contributed by atoms with Crippen LogP contribution >= 0.6 is 11.6 Å². The Kier molecular flexibility index (Phi) is 4.51. The van der Waals surface area contributed by atoms with Gasteiger partial charge in [-0.2, -0.15) is 0 Å². The summed E-state index contributed by atoms with van der Waals surface area (Å²) in [5.74, 6) is -3.06. The van der Waals surface area contributed by atoms with Crippen LogP contribution < -0.4 is 10.9 Å². The van der Waals surface area contributed by atoms with Gasteiger partial charge in [-0.3, -0.25) is 30.0 Å². The summed E-state index contributed by atoms with van der Waals surface area (Å²) in [5, 5.41) is 0.244. The molecule has 2 amide bonds. The maximum Gasteiger partial charge on any atom is 0.310 e. The number of carbonyl (C=O) groups excluding carboxylic acids is 4. The maximum absolute atomic E-state index is 12.4. The van der Waals surface area contributed by atoms with Crippen LogP contribution in [0.2, 0.25) is 5.02 Å². The molecule has 0 aromatic heterocycles. The van der Waals surface area contributed by atoms with E-state index >= 15 is 0 Å². The number of ether oxygens (including phenoxy) is 2. The Labute approximate surface area is 159 Å². The zero-order valence-corrected chi connectivity index (χ0v) is 14.9. The first-order valence-electron chi connectivity index (χ1n) is 8.66. The van der Waals surface area contributed by atoms with Gasteiger partial charge in [0.05, 0.1) is 22.4 Å². The van der Waals surface area contributed by atoms with Gasteiger partial charge in [-0.1, -0.05) is 23.7 Å². The molecule has 27 heavy (non-hydrogen) atoms. The Morgan fingerprint density at radius 3 is 2.74 bits per heavy atom. The van der Waals surface area contributed by atoms with Gasteiger partial charge >= 0.3 is 11.9 Å². The lowest BCUT2D eigenvalue weighted by molar-refractivity contribution is -0.158. The van der Waals surface area contributed by atoms with Crippen molar-refractivity contribution in [3.05, 3.63) is 34.9 Å². The number of halogens is 1. The fourth-order valence-electron chi connectivity index (χ4n) is 4.43. The van der Waals surface area contributed by atoms with Crippen LogP contribution in [0, 0.1) is 23.7 Å². The summed E-state index contributed by atoms with van der Waals surface area (Å²) in [7, 11) is 0. The molecule has 0 unspecified atom stereocenters. The summed E-state index contributed by atoms with van der Waals surface area (Å²) in [6.45, 7) is -0.555. The lowest BCUT2D eigenvalue weighted by Gasteiger charge is -2.22. The summed E-state index contributed by atoms with van der Waals surface area (Å²) in [6, 6.07) is 6.37. The Bertz CT molecular complexity index is 826. The van der Waals surface area contributed by atoms with Crippen molar-refractivity contribution in [2.45, 2.75) is 18.9 Å². The molecule has 1 aliphatic heterocycles. The van der Waals surface area contributed by atoms with Crippen molar-refractivity contribution in [2.24, 2.45) is 23.7 Å². The van der Waals surface area contributed by atoms with E-state index in [1.165, 1.54) is 6.07 Å². The van der Waals surface area contributed by atoms with E-state index in [1.54, 1.807) is 18.2 Å². The number of benzene rings is 1. The lowest BCUT2D eigenvalue weighted by Crippen LogP contribution is -2.44. The molecular formula is C18H17ClN2O6.